The summed E-state index contributed by atoms with van der Waals surface area (Å²) in [5.41, 5.74) is 5.73. The number of thiazole rings is 1. The highest BCUT2D eigenvalue weighted by Crippen LogP contribution is 2.33. The molecule has 0 atom stereocenters. The average molecular weight is 475 g/mol. The first-order valence-electron chi connectivity index (χ1n) is 10.7. The molecule has 4 aromatic rings. The smallest absolute Gasteiger partial charge is 0.259 e. The number of fused-ring (bicyclic) bond motifs is 1. The average Bonchev–Trinajstić information content (AvgIpc) is 3.25. The number of amides is 1. The lowest BCUT2D eigenvalue weighted by Gasteiger charge is -2.13. The zero-order chi connectivity index (χ0) is 23.7. The molecule has 1 aliphatic rings. The Balaban J connectivity index is 1.47. The summed E-state index contributed by atoms with van der Waals surface area (Å²) < 4.78 is 11.0. The molecule has 9 nitrogen and oxygen atoms in total. The maximum absolute atomic E-state index is 13.3. The van der Waals surface area contributed by atoms with Crippen LogP contribution in [0.1, 0.15) is 33.9 Å². The van der Waals surface area contributed by atoms with Crippen LogP contribution in [0.2, 0.25) is 0 Å². The van der Waals surface area contributed by atoms with Crippen LogP contribution in [0.3, 0.4) is 0 Å². The van der Waals surface area contributed by atoms with E-state index in [2.05, 4.69) is 36.3 Å². The Kier molecular flexibility index (Phi) is 5.99. The van der Waals surface area contributed by atoms with Crippen LogP contribution in [-0.2, 0) is 4.74 Å². The summed E-state index contributed by atoms with van der Waals surface area (Å²) in [4.78, 5) is 36.1. The van der Waals surface area contributed by atoms with E-state index in [1.54, 1.807) is 25.7 Å². The summed E-state index contributed by atoms with van der Waals surface area (Å²) in [6.45, 7) is 5.00. The molecule has 0 unspecified atom stereocenters. The number of aromatic nitrogens is 5. The molecule has 1 aliphatic heterocycles. The van der Waals surface area contributed by atoms with Crippen LogP contribution in [-0.4, -0.2) is 51.2 Å². The van der Waals surface area contributed by atoms with Crippen LogP contribution < -0.4 is 10.1 Å². The van der Waals surface area contributed by atoms with Gasteiger partial charge < -0.3 is 9.47 Å². The molecule has 10 heteroatoms. The molecule has 0 saturated heterocycles. The molecule has 0 fully saturated rings. The largest absolute Gasteiger partial charge is 0.494 e. The van der Waals surface area contributed by atoms with Gasteiger partial charge in [-0.2, -0.15) is 4.98 Å². The van der Waals surface area contributed by atoms with Gasteiger partial charge in [0.15, 0.2) is 15.6 Å². The number of hydrogen-bond donors (Lipinski definition) is 1. The number of pyridine rings is 2. The van der Waals surface area contributed by atoms with E-state index in [9.17, 15) is 4.79 Å². The number of rotatable bonds is 5. The minimum absolute atomic E-state index is 0.332. The van der Waals surface area contributed by atoms with E-state index in [1.165, 1.54) is 11.3 Å². The number of carbonyl (C=O) groups is 1. The van der Waals surface area contributed by atoms with Crippen molar-refractivity contribution >= 4 is 38.4 Å². The summed E-state index contributed by atoms with van der Waals surface area (Å²) in [5.74, 6) is 0.244. The number of nitrogens with zero attached hydrogens (tertiary/aromatic N) is 5. The third-order valence-corrected chi connectivity index (χ3v) is 6.24. The van der Waals surface area contributed by atoms with Crippen molar-refractivity contribution in [3.05, 3.63) is 59.4 Å². The maximum atomic E-state index is 13.3. The molecule has 0 bridgehead atoms. The predicted molar refractivity (Wildman–Crippen MR) is 130 cm³/mol. The van der Waals surface area contributed by atoms with Crippen LogP contribution in [0.5, 0.6) is 5.75 Å². The number of anilines is 1. The van der Waals surface area contributed by atoms with E-state index in [1.807, 2.05) is 26.0 Å². The monoisotopic (exact) mass is 474 g/mol. The van der Waals surface area contributed by atoms with Gasteiger partial charge in [0, 0.05) is 34.3 Å². The van der Waals surface area contributed by atoms with E-state index < -0.39 is 0 Å². The molecule has 0 saturated carbocycles. The van der Waals surface area contributed by atoms with E-state index in [0.29, 0.717) is 39.1 Å². The zero-order valence-electron chi connectivity index (χ0n) is 19.0. The van der Waals surface area contributed by atoms with Crippen LogP contribution >= 0.6 is 11.3 Å². The van der Waals surface area contributed by atoms with E-state index in [0.717, 1.165) is 41.2 Å². The molecular weight excluding hydrogens is 452 g/mol. The van der Waals surface area contributed by atoms with Gasteiger partial charge in [0.25, 0.3) is 5.91 Å². The van der Waals surface area contributed by atoms with Gasteiger partial charge in [-0.1, -0.05) is 17.4 Å². The summed E-state index contributed by atoms with van der Waals surface area (Å²) in [5, 5.41) is 3.29. The number of nitrogens with one attached hydrogen (secondary N) is 1. The molecule has 5 rings (SSSR count). The molecule has 0 spiro atoms. The fourth-order valence-corrected chi connectivity index (χ4v) is 4.51. The minimum atomic E-state index is -0.332. The lowest BCUT2D eigenvalue weighted by Crippen LogP contribution is -2.14. The summed E-state index contributed by atoms with van der Waals surface area (Å²) in [6, 6.07) is 3.75. The number of carbonyl (C=O) groups excluding carboxylic acids is 1. The summed E-state index contributed by atoms with van der Waals surface area (Å²) >= 11 is 1.27. The Labute approximate surface area is 199 Å². The van der Waals surface area contributed by atoms with E-state index in [-0.39, 0.29) is 5.91 Å². The second kappa shape index (κ2) is 9.24. The quantitative estimate of drug-likeness (QED) is 0.457. The van der Waals surface area contributed by atoms with Gasteiger partial charge in [-0.15, -0.1) is 0 Å². The molecule has 4 aromatic heterocycles. The Bertz CT molecular complexity index is 1430. The van der Waals surface area contributed by atoms with Crippen molar-refractivity contribution in [1.82, 2.24) is 24.9 Å². The fourth-order valence-electron chi connectivity index (χ4n) is 3.71. The maximum Gasteiger partial charge on any atom is 0.259 e. The standard InChI is InChI=1S/C24H22N6O3S/c1-13-7-16(17-8-14(2)26-11-20(17)32-3)18(9-25-13)22(31)30-24-29-21-23(34-24)28-19(10-27-21)15-5-4-6-33-12-15/h5,7-11H,4,6,12H2,1-3H3,(H,27,29,30,31). The topological polar surface area (TPSA) is 112 Å². The fraction of sp³-hybridized carbons (Fsp3) is 0.250. The molecule has 1 amide bonds. The molecule has 0 radical (unpaired) electrons. The Hall–Kier alpha value is -3.76. The van der Waals surface area contributed by atoms with Crippen LogP contribution in [0.25, 0.3) is 27.2 Å². The van der Waals surface area contributed by atoms with Crippen molar-refractivity contribution < 1.29 is 14.3 Å². The van der Waals surface area contributed by atoms with Crippen LogP contribution in [0.4, 0.5) is 5.13 Å². The first kappa shape index (κ1) is 22.1. The summed E-state index contributed by atoms with van der Waals surface area (Å²) in [7, 11) is 1.58. The van der Waals surface area contributed by atoms with Gasteiger partial charge in [0.1, 0.15) is 5.75 Å². The molecule has 34 heavy (non-hydrogen) atoms. The molecular formula is C24H22N6O3S. The second-order valence-electron chi connectivity index (χ2n) is 7.83. The molecule has 1 N–H and O–H groups in total. The van der Waals surface area contributed by atoms with Gasteiger partial charge >= 0.3 is 0 Å². The number of ether oxygens (including phenoxy) is 2. The van der Waals surface area contributed by atoms with Crippen LogP contribution in [0, 0.1) is 13.8 Å². The second-order valence-corrected chi connectivity index (χ2v) is 8.80. The SMILES string of the molecule is COc1cnc(C)cc1-c1cc(C)ncc1C(=O)Nc1nc2ncc(C3=CCCOC3)nc2s1. The molecule has 172 valence electrons. The van der Waals surface area contributed by atoms with Crippen LogP contribution in [0.15, 0.2) is 36.8 Å². The van der Waals surface area contributed by atoms with Crippen molar-refractivity contribution in [1.29, 1.82) is 0 Å². The summed E-state index contributed by atoms with van der Waals surface area (Å²) in [6.07, 6.45) is 7.87. The van der Waals surface area contributed by atoms with E-state index >= 15 is 0 Å². The third-order valence-electron chi connectivity index (χ3n) is 5.38. The Morgan fingerprint density at radius 1 is 1.06 bits per heavy atom. The lowest BCUT2D eigenvalue weighted by molar-refractivity contribution is 0.102. The molecule has 5 heterocycles. The highest BCUT2D eigenvalue weighted by Gasteiger charge is 2.20. The van der Waals surface area contributed by atoms with Crippen molar-refractivity contribution in [3.63, 3.8) is 0 Å². The molecule has 0 aromatic carbocycles. The first-order chi connectivity index (χ1) is 16.5. The Morgan fingerprint density at radius 3 is 2.62 bits per heavy atom. The van der Waals surface area contributed by atoms with Crippen molar-refractivity contribution in [2.24, 2.45) is 0 Å². The predicted octanol–water partition coefficient (Wildman–Crippen LogP) is 4.22. The number of hydrogen-bond acceptors (Lipinski definition) is 9. The highest BCUT2D eigenvalue weighted by atomic mass is 32.1. The van der Waals surface area contributed by atoms with Crippen molar-refractivity contribution in [3.8, 4) is 16.9 Å². The molecule has 0 aliphatic carbocycles. The minimum Gasteiger partial charge on any atom is -0.494 e. The van der Waals surface area contributed by atoms with Gasteiger partial charge in [-0.25, -0.2) is 9.97 Å². The Morgan fingerprint density at radius 2 is 1.85 bits per heavy atom. The first-order valence-corrected chi connectivity index (χ1v) is 11.5. The van der Waals surface area contributed by atoms with Crippen molar-refractivity contribution in [2.45, 2.75) is 20.3 Å². The van der Waals surface area contributed by atoms with Gasteiger partial charge in [-0.3, -0.25) is 20.1 Å². The lowest BCUT2D eigenvalue weighted by atomic mass is 9.99. The normalized spacial score (nSPS) is 13.6. The number of methoxy groups -OCH3 is 1. The zero-order valence-corrected chi connectivity index (χ0v) is 19.8. The van der Waals surface area contributed by atoms with Gasteiger partial charge in [0.2, 0.25) is 0 Å². The third kappa shape index (κ3) is 4.37. The highest BCUT2D eigenvalue weighted by molar-refractivity contribution is 7.21. The van der Waals surface area contributed by atoms with Gasteiger partial charge in [-0.05, 0) is 32.4 Å². The van der Waals surface area contributed by atoms with Gasteiger partial charge in [0.05, 0.1) is 44.0 Å². The number of aryl methyl sites for hydroxylation is 2. The van der Waals surface area contributed by atoms with E-state index in [4.69, 9.17) is 9.47 Å². The van der Waals surface area contributed by atoms with Crippen molar-refractivity contribution in [2.75, 3.05) is 25.6 Å².